The number of hydrogen-bond acceptors (Lipinski definition) is 0. The van der Waals surface area contributed by atoms with Crippen LogP contribution in [0.4, 0.5) is 0 Å². The minimum atomic E-state index is -0.476. The highest BCUT2D eigenvalue weighted by molar-refractivity contribution is 6.21. The molecule has 0 spiro atoms. The third-order valence-electron chi connectivity index (χ3n) is 6.71. The van der Waals surface area contributed by atoms with E-state index in [4.69, 9.17) is 8.22 Å². The van der Waals surface area contributed by atoms with Gasteiger partial charge in [0.2, 0.25) is 0 Å². The molecule has 7 aromatic rings. The molecule has 0 bridgehead atoms. The summed E-state index contributed by atoms with van der Waals surface area (Å²) in [6.07, 6.45) is 0. The third kappa shape index (κ3) is 3.39. The number of fused-ring (bicyclic) bond motifs is 3. The Balaban J connectivity index is 1.59. The van der Waals surface area contributed by atoms with Crippen LogP contribution in [0.5, 0.6) is 0 Å². The van der Waals surface area contributed by atoms with Crippen molar-refractivity contribution in [1.29, 1.82) is 0 Å². The van der Waals surface area contributed by atoms with E-state index in [1.165, 1.54) is 0 Å². The van der Waals surface area contributed by atoms with Crippen LogP contribution in [-0.4, -0.2) is 0 Å². The van der Waals surface area contributed by atoms with Crippen molar-refractivity contribution in [2.75, 3.05) is 0 Å². The van der Waals surface area contributed by atoms with Crippen molar-refractivity contribution in [2.45, 2.75) is 0 Å². The zero-order valence-electron chi connectivity index (χ0n) is 26.3. The van der Waals surface area contributed by atoms with E-state index in [-0.39, 0.29) is 40.5 Å². The van der Waals surface area contributed by atoms with Crippen LogP contribution < -0.4 is 0 Å². The van der Waals surface area contributed by atoms with Gasteiger partial charge in [0.1, 0.15) is 0 Å². The van der Waals surface area contributed by atoms with Gasteiger partial charge < -0.3 is 0 Å². The first-order valence-electron chi connectivity index (χ1n) is 15.4. The topological polar surface area (TPSA) is 0 Å². The Hall–Kier alpha value is -4.68. The molecule has 0 N–H and O–H groups in total. The second-order valence-corrected chi connectivity index (χ2v) is 8.78. The van der Waals surface area contributed by atoms with Crippen molar-refractivity contribution in [1.82, 2.24) is 0 Å². The Kier molecular flexibility index (Phi) is 3.47. The first-order chi connectivity index (χ1) is 20.8. The molecule has 0 heterocycles. The molecule has 0 fully saturated rings. The van der Waals surface area contributed by atoms with Gasteiger partial charge in [0, 0.05) is 0 Å². The van der Waals surface area contributed by atoms with Crippen LogP contribution in [0.25, 0.3) is 65.7 Å². The van der Waals surface area contributed by atoms with Crippen LogP contribution in [-0.2, 0) is 0 Å². The summed E-state index contributed by atoms with van der Waals surface area (Å²) >= 11 is 0. The van der Waals surface area contributed by atoms with Crippen LogP contribution in [0, 0.1) is 0 Å². The summed E-state index contributed by atoms with van der Waals surface area (Å²) < 4.78 is 60.5. The van der Waals surface area contributed by atoms with Gasteiger partial charge in [-0.25, -0.2) is 0 Å². The second-order valence-electron chi connectivity index (χ2n) is 8.78. The molecule has 0 saturated carbocycles. The summed E-state index contributed by atoms with van der Waals surface area (Å²) in [5.41, 5.74) is 5.06. The van der Waals surface area contributed by atoms with Gasteiger partial charge in [0.15, 0.2) is 0 Å². The maximum absolute atomic E-state index is 9.24. The summed E-state index contributed by atoms with van der Waals surface area (Å²) in [6.45, 7) is 0. The Bertz CT molecular complexity index is 2180. The van der Waals surface area contributed by atoms with Gasteiger partial charge in [-0.05, 0) is 71.7 Å². The molecule has 7 aromatic carbocycles. The summed E-state index contributed by atoms with van der Waals surface area (Å²) in [5, 5.41) is 3.28. The van der Waals surface area contributed by atoms with E-state index < -0.39 is 18.1 Å². The fourth-order valence-corrected chi connectivity index (χ4v) is 5.07. The zero-order valence-corrected chi connectivity index (χ0v) is 19.3. The summed E-state index contributed by atoms with van der Waals surface area (Å²) in [5.74, 6) is 0. The molecule has 0 nitrogen and oxygen atoms in total. The van der Waals surface area contributed by atoms with Crippen molar-refractivity contribution >= 4 is 32.3 Å². The minimum Gasteiger partial charge on any atom is -0.0622 e. The largest absolute Gasteiger partial charge is 0.0636 e. The molecule has 168 valence electrons. The van der Waals surface area contributed by atoms with E-state index in [9.17, 15) is 1.37 Å². The van der Waals surface area contributed by atoms with Gasteiger partial charge in [0.05, 0.1) is 9.60 Å². The average molecular weight is 464 g/mol. The Labute approximate surface area is 220 Å². The fourth-order valence-electron chi connectivity index (χ4n) is 5.07. The molecule has 0 atom stereocenters. The normalized spacial score (nSPS) is 14.1. The van der Waals surface area contributed by atoms with Crippen molar-refractivity contribution in [3.8, 4) is 33.4 Å². The predicted octanol–water partition coefficient (Wildman–Crippen LogP) is 10.1. The van der Waals surface area contributed by atoms with Crippen molar-refractivity contribution in [3.63, 3.8) is 0 Å². The molecule has 0 radical (unpaired) electrons. The van der Waals surface area contributed by atoms with Gasteiger partial charge in [-0.2, -0.15) is 0 Å². The molecule has 0 aromatic heterocycles. The van der Waals surface area contributed by atoms with E-state index in [1.807, 2.05) is 66.7 Å². The zero-order chi connectivity index (χ0) is 30.0. The third-order valence-corrected chi connectivity index (χ3v) is 6.71. The molecule has 0 unspecified atom stereocenters. The smallest absolute Gasteiger partial charge is 0.0622 e. The molecule has 0 aliphatic heterocycles. The Morgan fingerprint density at radius 3 is 1.44 bits per heavy atom. The van der Waals surface area contributed by atoms with Crippen molar-refractivity contribution in [2.24, 2.45) is 0 Å². The maximum atomic E-state index is 9.24. The highest BCUT2D eigenvalue weighted by Crippen LogP contribution is 2.44. The van der Waals surface area contributed by atoms with Crippen LogP contribution in [0.3, 0.4) is 0 Å². The van der Waals surface area contributed by atoms with Crippen LogP contribution in [0.15, 0.2) is 145 Å². The molecule has 0 aliphatic carbocycles. The second kappa shape index (κ2) is 8.52. The van der Waals surface area contributed by atoms with Crippen molar-refractivity contribution in [3.05, 3.63) is 145 Å². The summed E-state index contributed by atoms with van der Waals surface area (Å²) in [7, 11) is 0. The molecular weight excluding hydrogens is 432 g/mol. The van der Waals surface area contributed by atoms with Gasteiger partial charge in [-0.1, -0.05) is 139 Å². The van der Waals surface area contributed by atoms with Gasteiger partial charge in [-0.3, -0.25) is 0 Å². The molecule has 0 heteroatoms. The molecule has 7 rings (SSSR count). The quantitative estimate of drug-likeness (QED) is 0.229. The SMILES string of the molecule is [2H]c1c([2H])c([2H])c2c([2H])c(-c3c4ccccc4c(-c4ccc(-c5ccccc5)cc4)c4ccccc34)c([2H])c([2H])c2c1[2H]. The predicted molar refractivity (Wildman–Crippen MR) is 155 cm³/mol. The first-order valence-corrected chi connectivity index (χ1v) is 11.9. The van der Waals surface area contributed by atoms with E-state index in [0.29, 0.717) is 5.56 Å². The highest BCUT2D eigenvalue weighted by atomic mass is 14.2. The molecule has 0 amide bonds. The van der Waals surface area contributed by atoms with Crippen LogP contribution >= 0.6 is 0 Å². The van der Waals surface area contributed by atoms with E-state index in [1.54, 1.807) is 0 Å². The summed E-state index contributed by atoms with van der Waals surface area (Å²) in [4.78, 5) is 0. The first kappa shape index (κ1) is 14.7. The maximum Gasteiger partial charge on any atom is 0.0636 e. The van der Waals surface area contributed by atoms with Gasteiger partial charge >= 0.3 is 0 Å². The van der Waals surface area contributed by atoms with E-state index in [2.05, 4.69) is 36.4 Å². The highest BCUT2D eigenvalue weighted by Gasteiger charge is 2.16. The standard InChI is InChI=1S/C36H24/c1-2-10-25(11-3-1)27-18-21-28(22-19-27)35-31-14-6-8-16-33(31)36(34-17-9-7-15-32(34)35)30-23-20-26-12-4-5-13-29(26)24-30/h1-24H/i4D,5D,12D,13D,20D,23D,24D. The van der Waals surface area contributed by atoms with Gasteiger partial charge in [0.25, 0.3) is 0 Å². The Morgan fingerprint density at radius 2 is 0.833 bits per heavy atom. The lowest BCUT2D eigenvalue weighted by atomic mass is 9.85. The number of rotatable bonds is 3. The van der Waals surface area contributed by atoms with Crippen LogP contribution in [0.1, 0.15) is 9.60 Å². The lowest BCUT2D eigenvalue weighted by molar-refractivity contribution is 1.61. The van der Waals surface area contributed by atoms with E-state index >= 15 is 0 Å². The monoisotopic (exact) mass is 463 g/mol. The fraction of sp³-hybridized carbons (Fsp3) is 0. The molecule has 0 saturated heterocycles. The van der Waals surface area contributed by atoms with Gasteiger partial charge in [-0.15, -0.1) is 0 Å². The molecule has 0 aliphatic rings. The Morgan fingerprint density at radius 1 is 0.361 bits per heavy atom. The van der Waals surface area contributed by atoms with Crippen LogP contribution in [0.2, 0.25) is 0 Å². The molecule has 36 heavy (non-hydrogen) atoms. The minimum absolute atomic E-state index is 0.0456. The molecular formula is C36H24. The lowest BCUT2D eigenvalue weighted by Crippen LogP contribution is -1.91. The van der Waals surface area contributed by atoms with Crippen molar-refractivity contribution < 1.29 is 9.60 Å². The van der Waals surface area contributed by atoms with E-state index in [0.717, 1.165) is 43.8 Å². The number of benzene rings is 7. The summed E-state index contributed by atoms with van der Waals surface area (Å²) in [6, 6.07) is 31.8. The number of hydrogen-bond donors (Lipinski definition) is 0. The average Bonchev–Trinajstić information content (AvgIpc) is 3.04. The lowest BCUT2D eigenvalue weighted by Gasteiger charge is -2.18.